The second-order valence-corrected chi connectivity index (χ2v) is 6.16. The third-order valence-corrected chi connectivity index (χ3v) is 4.39. The van der Waals surface area contributed by atoms with Gasteiger partial charge in [0.25, 0.3) is 0 Å². The molecule has 2 saturated heterocycles. The van der Waals surface area contributed by atoms with Crippen LogP contribution in [0, 0.1) is 5.92 Å². The zero-order valence-electron chi connectivity index (χ0n) is 11.7. The fourth-order valence-corrected chi connectivity index (χ4v) is 3.08. The number of carbonyl (C=O) groups excluding carboxylic acids is 2. The van der Waals surface area contributed by atoms with Gasteiger partial charge in [0.2, 0.25) is 11.8 Å². The van der Waals surface area contributed by atoms with Crippen LogP contribution in [0.4, 0.5) is 0 Å². The minimum atomic E-state index is -0.138. The number of morpholine rings is 1. The lowest BCUT2D eigenvalue weighted by atomic mass is 10.0. The number of hydrogen-bond acceptors (Lipinski definition) is 3. The third kappa shape index (κ3) is 2.48. The highest BCUT2D eigenvalue weighted by atomic mass is 16.5. The van der Waals surface area contributed by atoms with Crippen LogP contribution in [0.15, 0.2) is 0 Å². The van der Waals surface area contributed by atoms with E-state index in [0.717, 1.165) is 12.8 Å². The lowest BCUT2D eigenvalue weighted by molar-refractivity contribution is -0.147. The van der Waals surface area contributed by atoms with Crippen LogP contribution in [-0.4, -0.2) is 59.5 Å². The van der Waals surface area contributed by atoms with Crippen LogP contribution in [0.1, 0.15) is 33.1 Å². The highest BCUT2D eigenvalue weighted by Crippen LogP contribution is 2.33. The number of ether oxygens (including phenoxy) is 1. The monoisotopic (exact) mass is 266 g/mol. The summed E-state index contributed by atoms with van der Waals surface area (Å²) in [6, 6.07) is 0.542. The predicted octanol–water partition coefficient (Wildman–Crippen LogP) is 0.633. The Hall–Kier alpha value is -1.10. The molecule has 0 aromatic rings. The van der Waals surface area contributed by atoms with Crippen molar-refractivity contribution < 1.29 is 14.3 Å². The second-order valence-electron chi connectivity index (χ2n) is 6.16. The standard InChI is InChI=1S/C14H22N2O3/c1-9-8-19-10(2)6-15(9)14(18)11-5-13(17)16(7-11)12-3-4-12/h9-12H,3-8H2,1-2H3/t9-,10+,11-/m0/s1. The first-order valence-electron chi connectivity index (χ1n) is 7.28. The quantitative estimate of drug-likeness (QED) is 0.737. The lowest BCUT2D eigenvalue weighted by Gasteiger charge is -2.38. The maximum Gasteiger partial charge on any atom is 0.228 e. The van der Waals surface area contributed by atoms with E-state index in [9.17, 15) is 9.59 Å². The molecule has 3 atom stereocenters. The van der Waals surface area contributed by atoms with Crippen molar-refractivity contribution >= 4 is 11.8 Å². The van der Waals surface area contributed by atoms with Gasteiger partial charge >= 0.3 is 0 Å². The molecule has 0 bridgehead atoms. The van der Waals surface area contributed by atoms with Gasteiger partial charge < -0.3 is 14.5 Å². The summed E-state index contributed by atoms with van der Waals surface area (Å²) in [5.41, 5.74) is 0. The van der Waals surface area contributed by atoms with E-state index in [-0.39, 0.29) is 29.9 Å². The van der Waals surface area contributed by atoms with Gasteiger partial charge in [-0.25, -0.2) is 0 Å². The molecule has 5 heteroatoms. The molecule has 1 saturated carbocycles. The molecular formula is C14H22N2O3. The topological polar surface area (TPSA) is 49.9 Å². The maximum absolute atomic E-state index is 12.6. The zero-order valence-corrected chi connectivity index (χ0v) is 11.7. The molecule has 3 rings (SSSR count). The molecule has 0 aromatic carbocycles. The Morgan fingerprint density at radius 3 is 2.68 bits per heavy atom. The Morgan fingerprint density at radius 2 is 2.00 bits per heavy atom. The normalized spacial score (nSPS) is 35.9. The van der Waals surface area contributed by atoms with Crippen molar-refractivity contribution in [2.75, 3.05) is 19.7 Å². The molecule has 19 heavy (non-hydrogen) atoms. The van der Waals surface area contributed by atoms with E-state index < -0.39 is 0 Å². The van der Waals surface area contributed by atoms with Crippen molar-refractivity contribution in [3.8, 4) is 0 Å². The van der Waals surface area contributed by atoms with Gasteiger partial charge in [0.1, 0.15) is 0 Å². The van der Waals surface area contributed by atoms with Crippen molar-refractivity contribution in [2.45, 2.75) is 51.3 Å². The fourth-order valence-electron chi connectivity index (χ4n) is 3.08. The van der Waals surface area contributed by atoms with Gasteiger partial charge in [0.15, 0.2) is 0 Å². The average Bonchev–Trinajstić information content (AvgIpc) is 3.15. The molecule has 0 spiro atoms. The van der Waals surface area contributed by atoms with Crippen molar-refractivity contribution in [3.05, 3.63) is 0 Å². The van der Waals surface area contributed by atoms with E-state index in [1.807, 2.05) is 23.6 Å². The molecule has 2 heterocycles. The average molecular weight is 266 g/mol. The maximum atomic E-state index is 12.6. The van der Waals surface area contributed by atoms with Gasteiger partial charge in [0.05, 0.1) is 24.7 Å². The summed E-state index contributed by atoms with van der Waals surface area (Å²) in [4.78, 5) is 28.3. The molecule has 0 N–H and O–H groups in total. The van der Waals surface area contributed by atoms with Crippen LogP contribution >= 0.6 is 0 Å². The summed E-state index contributed by atoms with van der Waals surface area (Å²) < 4.78 is 5.55. The van der Waals surface area contributed by atoms with Crippen LogP contribution in [0.5, 0.6) is 0 Å². The molecule has 0 unspecified atom stereocenters. The van der Waals surface area contributed by atoms with E-state index in [1.54, 1.807) is 0 Å². The number of rotatable bonds is 2. The summed E-state index contributed by atoms with van der Waals surface area (Å²) in [6.45, 7) is 5.87. The Balaban J connectivity index is 1.65. The number of likely N-dealkylation sites (tertiary alicyclic amines) is 1. The number of carbonyl (C=O) groups is 2. The first-order chi connectivity index (χ1) is 9.06. The molecule has 3 aliphatic rings. The van der Waals surface area contributed by atoms with Crippen LogP contribution in [0.25, 0.3) is 0 Å². The summed E-state index contributed by atoms with van der Waals surface area (Å²) in [7, 11) is 0. The Bertz CT molecular complexity index is 394. The Morgan fingerprint density at radius 1 is 1.26 bits per heavy atom. The molecule has 2 amide bonds. The number of nitrogens with zero attached hydrogens (tertiary/aromatic N) is 2. The van der Waals surface area contributed by atoms with Gasteiger partial charge in [-0.05, 0) is 26.7 Å². The molecular weight excluding hydrogens is 244 g/mol. The van der Waals surface area contributed by atoms with Crippen LogP contribution < -0.4 is 0 Å². The predicted molar refractivity (Wildman–Crippen MR) is 69.4 cm³/mol. The van der Waals surface area contributed by atoms with E-state index in [4.69, 9.17) is 4.74 Å². The zero-order chi connectivity index (χ0) is 13.6. The number of hydrogen-bond donors (Lipinski definition) is 0. The van der Waals surface area contributed by atoms with Gasteiger partial charge in [-0.2, -0.15) is 0 Å². The molecule has 5 nitrogen and oxygen atoms in total. The Labute approximate surface area is 113 Å². The fraction of sp³-hybridized carbons (Fsp3) is 0.857. The SMILES string of the molecule is C[C@@H]1CN(C(=O)[C@H]2CC(=O)N(C3CC3)C2)[C@@H](C)CO1. The lowest BCUT2D eigenvalue weighted by Crippen LogP contribution is -2.52. The molecule has 106 valence electrons. The van der Waals surface area contributed by atoms with E-state index in [0.29, 0.717) is 32.2 Å². The van der Waals surface area contributed by atoms with Crippen LogP contribution in [0.2, 0.25) is 0 Å². The van der Waals surface area contributed by atoms with E-state index >= 15 is 0 Å². The highest BCUT2D eigenvalue weighted by Gasteiger charge is 2.43. The van der Waals surface area contributed by atoms with Crippen molar-refractivity contribution in [1.82, 2.24) is 9.80 Å². The smallest absolute Gasteiger partial charge is 0.228 e. The van der Waals surface area contributed by atoms with E-state index in [2.05, 4.69) is 0 Å². The largest absolute Gasteiger partial charge is 0.375 e. The summed E-state index contributed by atoms with van der Waals surface area (Å²) in [5, 5.41) is 0. The van der Waals surface area contributed by atoms with E-state index in [1.165, 1.54) is 0 Å². The summed E-state index contributed by atoms with van der Waals surface area (Å²) in [6.07, 6.45) is 2.71. The summed E-state index contributed by atoms with van der Waals surface area (Å²) >= 11 is 0. The van der Waals surface area contributed by atoms with Crippen molar-refractivity contribution in [3.63, 3.8) is 0 Å². The first-order valence-corrected chi connectivity index (χ1v) is 7.28. The summed E-state index contributed by atoms with van der Waals surface area (Å²) in [5.74, 6) is 0.162. The molecule has 3 fully saturated rings. The highest BCUT2D eigenvalue weighted by molar-refractivity contribution is 5.89. The van der Waals surface area contributed by atoms with Gasteiger partial charge in [0, 0.05) is 25.6 Å². The van der Waals surface area contributed by atoms with Crippen molar-refractivity contribution in [1.29, 1.82) is 0 Å². The third-order valence-electron chi connectivity index (χ3n) is 4.39. The molecule has 2 aliphatic heterocycles. The van der Waals surface area contributed by atoms with Crippen LogP contribution in [-0.2, 0) is 14.3 Å². The molecule has 0 aromatic heterocycles. The minimum absolute atomic E-state index is 0.0942. The second kappa shape index (κ2) is 4.78. The molecule has 0 radical (unpaired) electrons. The minimum Gasteiger partial charge on any atom is -0.375 e. The number of amides is 2. The van der Waals surface area contributed by atoms with Gasteiger partial charge in [-0.3, -0.25) is 9.59 Å². The Kier molecular flexibility index (Phi) is 3.25. The molecule has 1 aliphatic carbocycles. The van der Waals surface area contributed by atoms with Crippen LogP contribution in [0.3, 0.4) is 0 Å². The van der Waals surface area contributed by atoms with Crippen molar-refractivity contribution in [2.24, 2.45) is 5.92 Å². The van der Waals surface area contributed by atoms with Gasteiger partial charge in [-0.15, -0.1) is 0 Å². The van der Waals surface area contributed by atoms with Gasteiger partial charge in [-0.1, -0.05) is 0 Å². The first kappa shape index (κ1) is 12.9.